The molecule has 0 saturated carbocycles. The Balaban J connectivity index is 2.10. The van der Waals surface area contributed by atoms with Crippen LogP contribution in [0.15, 0.2) is 89.2 Å². The largest absolute Gasteiger partial charge is 0.507 e. The summed E-state index contributed by atoms with van der Waals surface area (Å²) in [5.41, 5.74) is 7.21. The van der Waals surface area contributed by atoms with Crippen molar-refractivity contribution in [1.29, 1.82) is 0 Å². The van der Waals surface area contributed by atoms with Gasteiger partial charge in [0, 0.05) is 62.6 Å². The van der Waals surface area contributed by atoms with Crippen LogP contribution in [0.5, 0.6) is 11.5 Å². The van der Waals surface area contributed by atoms with Crippen LogP contribution in [0.4, 0.5) is 0 Å². The minimum absolute atomic E-state index is 0.0779. The number of pyridine rings is 1. The fourth-order valence-corrected chi connectivity index (χ4v) is 9.75. The van der Waals surface area contributed by atoms with Crippen LogP contribution in [0.25, 0.3) is 11.1 Å². The van der Waals surface area contributed by atoms with E-state index in [1.54, 1.807) is 0 Å². The number of carbonyl (C=O) groups excluding carboxylic acids is 2. The SMILES string of the molecule is CC(C)(C)C1=CC(C(c2cc(C(C)(C)C)c(O)c(C(C)(C)C)c2)=c2ccc(=C(c3cc(C(C)(C)C)c(O)c(C(C)(C)C)c3)C3C=C(C(C)(C)C)C(=O)C(C(C)(C)C)=C3)nc2)C=C(C(C)(C)C)C1=O. The molecule has 2 aliphatic carbocycles. The van der Waals surface area contributed by atoms with Crippen LogP contribution < -0.4 is 10.6 Å². The molecule has 0 aliphatic heterocycles. The van der Waals surface area contributed by atoms with Crippen LogP contribution in [0.2, 0.25) is 0 Å². The minimum atomic E-state index is -0.420. The number of carbonyl (C=O) groups is 2. The first-order valence-corrected chi connectivity index (χ1v) is 24.9. The number of hydrogen-bond acceptors (Lipinski definition) is 5. The van der Waals surface area contributed by atoms with E-state index in [9.17, 15) is 19.8 Å². The molecule has 3 aromatic rings. The van der Waals surface area contributed by atoms with Crippen molar-refractivity contribution >= 4 is 22.7 Å². The van der Waals surface area contributed by atoms with Gasteiger partial charge in [-0.3, -0.25) is 14.6 Å². The van der Waals surface area contributed by atoms with Gasteiger partial charge < -0.3 is 10.2 Å². The second-order valence-electron chi connectivity index (χ2n) is 28.1. The topological polar surface area (TPSA) is 87.5 Å². The van der Waals surface area contributed by atoms with Gasteiger partial charge in [-0.05, 0) is 101 Å². The Hall–Kier alpha value is -4.77. The van der Waals surface area contributed by atoms with Crippen molar-refractivity contribution in [3.63, 3.8) is 0 Å². The zero-order chi connectivity index (χ0) is 52.0. The van der Waals surface area contributed by atoms with Crippen LogP contribution in [0.1, 0.15) is 200 Å². The fourth-order valence-electron chi connectivity index (χ4n) is 9.75. The maximum atomic E-state index is 14.4. The summed E-state index contributed by atoms with van der Waals surface area (Å²) in [6, 6.07) is 12.8. The van der Waals surface area contributed by atoms with E-state index >= 15 is 0 Å². The first-order valence-electron chi connectivity index (χ1n) is 24.9. The lowest BCUT2D eigenvalue weighted by molar-refractivity contribution is -0.115. The van der Waals surface area contributed by atoms with Crippen molar-refractivity contribution in [2.45, 2.75) is 188 Å². The quantitative estimate of drug-likeness (QED) is 0.272. The van der Waals surface area contributed by atoms with Gasteiger partial charge in [-0.25, -0.2) is 0 Å². The Bertz CT molecular complexity index is 2420. The van der Waals surface area contributed by atoms with Gasteiger partial charge in [0.15, 0.2) is 11.6 Å². The van der Waals surface area contributed by atoms with Crippen LogP contribution in [-0.4, -0.2) is 26.8 Å². The molecule has 0 atom stereocenters. The van der Waals surface area contributed by atoms with E-state index < -0.39 is 21.7 Å². The highest BCUT2D eigenvalue weighted by Crippen LogP contribution is 2.48. The van der Waals surface area contributed by atoms with Crippen LogP contribution in [0, 0.1) is 33.5 Å². The molecule has 0 spiro atoms. The van der Waals surface area contributed by atoms with Crippen molar-refractivity contribution in [2.75, 3.05) is 0 Å². The van der Waals surface area contributed by atoms with Crippen LogP contribution in [-0.2, 0) is 31.2 Å². The molecule has 2 N–H and O–H groups in total. The van der Waals surface area contributed by atoms with Gasteiger partial charge in [-0.15, -0.1) is 0 Å². The molecular weight excluding hydrogens is 835 g/mol. The first kappa shape index (κ1) is 54.2. The van der Waals surface area contributed by atoms with Gasteiger partial charge in [0.2, 0.25) is 0 Å². The minimum Gasteiger partial charge on any atom is -0.507 e. The Morgan fingerprint density at radius 3 is 0.897 bits per heavy atom. The number of rotatable bonds is 4. The lowest BCUT2D eigenvalue weighted by Gasteiger charge is -2.35. The Morgan fingerprint density at radius 2 is 0.662 bits per heavy atom. The third-order valence-corrected chi connectivity index (χ3v) is 13.7. The van der Waals surface area contributed by atoms with Gasteiger partial charge in [-0.2, -0.15) is 0 Å². The van der Waals surface area contributed by atoms with Crippen molar-refractivity contribution in [2.24, 2.45) is 33.5 Å². The molecule has 0 bridgehead atoms. The van der Waals surface area contributed by atoms with Gasteiger partial charge in [0.25, 0.3) is 0 Å². The summed E-state index contributed by atoms with van der Waals surface area (Å²) in [6.07, 6.45) is 10.6. The molecule has 1 heterocycles. The number of hydrogen-bond donors (Lipinski definition) is 2. The summed E-state index contributed by atoms with van der Waals surface area (Å²) in [7, 11) is 0. The van der Waals surface area contributed by atoms with Gasteiger partial charge in [0.1, 0.15) is 11.5 Å². The summed E-state index contributed by atoms with van der Waals surface area (Å²) in [5, 5.41) is 25.6. The summed E-state index contributed by atoms with van der Waals surface area (Å²) < 4.78 is 0. The molecule has 368 valence electrons. The number of Topliss-reactive ketones (excluding diaryl/α,β-unsaturated/α-hetero) is 2. The second kappa shape index (κ2) is 17.6. The molecule has 0 fully saturated rings. The van der Waals surface area contributed by atoms with E-state index in [1.165, 1.54) is 0 Å². The molecule has 2 aromatic carbocycles. The van der Waals surface area contributed by atoms with E-state index in [0.29, 0.717) is 11.5 Å². The van der Waals surface area contributed by atoms with Crippen molar-refractivity contribution in [3.05, 3.63) is 133 Å². The van der Waals surface area contributed by atoms with E-state index in [4.69, 9.17) is 4.98 Å². The number of nitrogens with zero attached hydrogens (tertiary/aromatic N) is 1. The standard InChI is InChI=1S/C63H87NO4/c1-56(2,3)41-27-37(28-42(52(41)65)57(4,5)6)50(38-29-43(58(7,8)9)53(66)44(30-38)59(10,11)12)36-25-26-49(64-35-36)51(39-31-45(60(13,14)15)54(67)46(32-39)61(16,17)18)40-33-47(62(19,20)21)55(68)48(34-40)63(22,23)24/h25-35,37,39,66,68H,1-24H3. The predicted molar refractivity (Wildman–Crippen MR) is 287 cm³/mol. The first-order chi connectivity index (χ1) is 30.5. The Kier molecular flexibility index (Phi) is 14.0. The average molecular weight is 922 g/mol. The summed E-state index contributed by atoms with van der Waals surface area (Å²) in [5.74, 6) is 0.167. The highest BCUT2D eigenvalue weighted by Gasteiger charge is 2.39. The van der Waals surface area contributed by atoms with Gasteiger partial charge in [0.05, 0.1) is 5.35 Å². The normalized spacial score (nSPS) is 17.7. The molecule has 5 rings (SSSR count). The molecule has 0 radical (unpaired) electrons. The monoisotopic (exact) mass is 922 g/mol. The second-order valence-corrected chi connectivity index (χ2v) is 28.1. The number of aromatic hydroxyl groups is 2. The van der Waals surface area contributed by atoms with Gasteiger partial charge >= 0.3 is 0 Å². The average Bonchev–Trinajstić information content (AvgIpc) is 3.14. The lowest BCUT2D eigenvalue weighted by atomic mass is 9.68. The lowest BCUT2D eigenvalue weighted by Crippen LogP contribution is -2.31. The van der Waals surface area contributed by atoms with Crippen molar-refractivity contribution < 1.29 is 19.8 Å². The van der Waals surface area contributed by atoms with E-state index in [-0.39, 0.29) is 45.1 Å². The van der Waals surface area contributed by atoms with Gasteiger partial charge in [-0.1, -0.05) is 197 Å². The summed E-state index contributed by atoms with van der Waals surface area (Å²) in [6.45, 7) is 50.9. The highest BCUT2D eigenvalue weighted by molar-refractivity contribution is 6.12. The van der Waals surface area contributed by atoms with Crippen LogP contribution in [0.3, 0.4) is 0 Å². The number of phenolic OH excluding ortho intramolecular Hbond substituents is 2. The molecule has 0 unspecified atom stereocenters. The highest BCUT2D eigenvalue weighted by atomic mass is 16.3. The van der Waals surface area contributed by atoms with Crippen molar-refractivity contribution in [1.82, 2.24) is 4.98 Å². The molecule has 5 nitrogen and oxygen atoms in total. The number of ketones is 2. The maximum Gasteiger partial charge on any atom is 0.185 e. The molecule has 0 amide bonds. The van der Waals surface area contributed by atoms with E-state index in [2.05, 4.69) is 227 Å². The molecule has 68 heavy (non-hydrogen) atoms. The maximum absolute atomic E-state index is 14.4. The molecule has 2 aliphatic rings. The van der Waals surface area contributed by atoms with E-state index in [0.717, 1.165) is 77.4 Å². The third-order valence-electron chi connectivity index (χ3n) is 13.7. The smallest absolute Gasteiger partial charge is 0.185 e. The Labute approximate surface area is 411 Å². The molecular formula is C63H87NO4. The molecule has 1 aromatic heterocycles. The zero-order valence-corrected chi connectivity index (χ0v) is 46.7. The predicted octanol–water partition coefficient (Wildman–Crippen LogP) is 14.4. The number of benzene rings is 2. The fraction of sp³-hybridized carbons (Fsp3) is 0.540. The van der Waals surface area contributed by atoms with E-state index in [1.807, 2.05) is 6.20 Å². The summed E-state index contributed by atoms with van der Waals surface area (Å²) in [4.78, 5) is 34.3. The van der Waals surface area contributed by atoms with Crippen molar-refractivity contribution in [3.8, 4) is 11.5 Å². The molecule has 5 heteroatoms. The number of phenols is 2. The number of allylic oxidation sites excluding steroid dienone is 8. The molecule has 0 saturated heterocycles. The zero-order valence-electron chi connectivity index (χ0n) is 46.7. The summed E-state index contributed by atoms with van der Waals surface area (Å²) >= 11 is 0. The third kappa shape index (κ3) is 11.1. The van der Waals surface area contributed by atoms with Crippen LogP contribution >= 0.6 is 0 Å². The number of aromatic nitrogens is 1. The Morgan fingerprint density at radius 1 is 0.397 bits per heavy atom.